The molecule has 0 heterocycles. The van der Waals surface area contributed by atoms with Gasteiger partial charge in [0.25, 0.3) is 0 Å². The predicted octanol–water partition coefficient (Wildman–Crippen LogP) is 9.53. The van der Waals surface area contributed by atoms with E-state index < -0.39 is 0 Å². The zero-order valence-corrected chi connectivity index (χ0v) is 29.1. The number of aromatic hydroxyl groups is 2. The lowest BCUT2D eigenvalue weighted by atomic mass is 10.0. The predicted molar refractivity (Wildman–Crippen MR) is 191 cm³/mol. The van der Waals surface area contributed by atoms with Crippen LogP contribution in [0, 0.1) is 13.8 Å². The van der Waals surface area contributed by atoms with Crippen molar-refractivity contribution in [3.8, 4) is 11.5 Å². The van der Waals surface area contributed by atoms with Crippen molar-refractivity contribution in [3.05, 3.63) is 57.6 Å². The van der Waals surface area contributed by atoms with E-state index in [1.807, 2.05) is 13.8 Å². The number of phenols is 2. The highest BCUT2D eigenvalue weighted by atomic mass is 16.3. The molecule has 0 bridgehead atoms. The standard InChI is InChI=1S/C39H63N3O2/c1-7-11-15-18-34-26-32(5)38(43)36(28-34)30-40-20-21-41-31-37-29-35(27-33(6)39(37)44)19-16-17-25-42(22-12-8-2,23-13-9-3)24-14-10-4/h26-31H,7-25H2,1-6H3,(H-,40,41,43,44)/p+1. The Kier molecular flexibility index (Phi) is 18.0. The summed E-state index contributed by atoms with van der Waals surface area (Å²) in [6, 6.07) is 8.37. The van der Waals surface area contributed by atoms with Crippen LogP contribution < -0.4 is 0 Å². The normalized spacial score (nSPS) is 12.2. The Balaban J connectivity index is 1.96. The van der Waals surface area contributed by atoms with Gasteiger partial charge in [-0.1, -0.05) is 71.9 Å². The van der Waals surface area contributed by atoms with Crippen LogP contribution in [0.4, 0.5) is 0 Å². The third-order valence-corrected chi connectivity index (χ3v) is 8.97. The van der Waals surface area contributed by atoms with Crippen LogP contribution in [-0.4, -0.2) is 66.4 Å². The van der Waals surface area contributed by atoms with E-state index in [0.717, 1.165) is 41.5 Å². The molecule has 0 radical (unpaired) electrons. The molecule has 5 heteroatoms. The molecule has 0 aromatic heterocycles. The number of aryl methyl sites for hydroxylation is 4. The number of aliphatic imine (C=N–C) groups is 2. The number of hydrogen-bond donors (Lipinski definition) is 2. The van der Waals surface area contributed by atoms with Crippen LogP contribution in [0.15, 0.2) is 34.3 Å². The van der Waals surface area contributed by atoms with Gasteiger partial charge in [-0.15, -0.1) is 0 Å². The molecule has 44 heavy (non-hydrogen) atoms. The number of phenolic OH excluding ortho intramolecular Hbond substituents is 2. The van der Waals surface area contributed by atoms with Crippen molar-refractivity contribution in [2.75, 3.05) is 39.3 Å². The van der Waals surface area contributed by atoms with Crippen molar-refractivity contribution in [2.24, 2.45) is 9.98 Å². The van der Waals surface area contributed by atoms with Gasteiger partial charge in [0.1, 0.15) is 11.5 Å². The zero-order valence-electron chi connectivity index (χ0n) is 29.1. The van der Waals surface area contributed by atoms with Gasteiger partial charge in [-0.25, -0.2) is 0 Å². The second-order valence-corrected chi connectivity index (χ2v) is 13.0. The zero-order chi connectivity index (χ0) is 32.2. The minimum Gasteiger partial charge on any atom is -0.507 e. The van der Waals surface area contributed by atoms with Crippen molar-refractivity contribution in [1.82, 2.24) is 0 Å². The average molecular weight is 607 g/mol. The molecule has 0 fully saturated rings. The molecule has 2 rings (SSSR count). The number of rotatable bonds is 23. The van der Waals surface area contributed by atoms with Crippen molar-refractivity contribution < 1.29 is 14.7 Å². The molecule has 5 nitrogen and oxygen atoms in total. The molecular formula is C39H64N3O2+. The molecule has 2 N–H and O–H groups in total. The fraction of sp³-hybridized carbons (Fsp3) is 0.641. The van der Waals surface area contributed by atoms with E-state index in [0.29, 0.717) is 24.6 Å². The van der Waals surface area contributed by atoms with E-state index >= 15 is 0 Å². The lowest BCUT2D eigenvalue weighted by Crippen LogP contribution is -2.50. The van der Waals surface area contributed by atoms with Crippen LogP contribution in [0.2, 0.25) is 0 Å². The molecule has 0 saturated heterocycles. The van der Waals surface area contributed by atoms with Crippen LogP contribution in [0.1, 0.15) is 132 Å². The molecule has 246 valence electrons. The maximum Gasteiger partial charge on any atom is 0.127 e. The van der Waals surface area contributed by atoms with Crippen molar-refractivity contribution in [1.29, 1.82) is 0 Å². The molecule has 2 aromatic rings. The lowest BCUT2D eigenvalue weighted by molar-refractivity contribution is -0.929. The Bertz CT molecular complexity index is 1130. The van der Waals surface area contributed by atoms with Crippen LogP contribution in [0.5, 0.6) is 11.5 Å². The Morgan fingerprint density at radius 2 is 0.932 bits per heavy atom. The first-order valence-corrected chi connectivity index (χ1v) is 17.8. The van der Waals surface area contributed by atoms with E-state index in [1.54, 1.807) is 12.4 Å². The van der Waals surface area contributed by atoms with Crippen LogP contribution in [0.25, 0.3) is 0 Å². The van der Waals surface area contributed by atoms with E-state index in [1.165, 1.54) is 106 Å². The maximum absolute atomic E-state index is 10.7. The largest absolute Gasteiger partial charge is 0.507 e. The highest BCUT2D eigenvalue weighted by Gasteiger charge is 2.25. The van der Waals surface area contributed by atoms with Crippen molar-refractivity contribution >= 4 is 12.4 Å². The summed E-state index contributed by atoms with van der Waals surface area (Å²) in [5.41, 5.74) is 5.90. The summed E-state index contributed by atoms with van der Waals surface area (Å²) in [5.74, 6) is 0.622. The Morgan fingerprint density at radius 3 is 1.34 bits per heavy atom. The van der Waals surface area contributed by atoms with Crippen LogP contribution in [0.3, 0.4) is 0 Å². The Labute approximate surface area is 270 Å². The second-order valence-electron chi connectivity index (χ2n) is 13.0. The van der Waals surface area contributed by atoms with E-state index in [2.05, 4.69) is 61.9 Å². The first-order chi connectivity index (χ1) is 21.3. The summed E-state index contributed by atoms with van der Waals surface area (Å²) in [6.07, 6.45) is 19.4. The van der Waals surface area contributed by atoms with Gasteiger partial charge in [0, 0.05) is 23.6 Å². The molecule has 0 amide bonds. The topological polar surface area (TPSA) is 65.2 Å². The number of nitrogens with zero attached hydrogens (tertiary/aromatic N) is 3. The van der Waals surface area contributed by atoms with Gasteiger partial charge < -0.3 is 14.7 Å². The van der Waals surface area contributed by atoms with Gasteiger partial charge in [0.15, 0.2) is 0 Å². The Morgan fingerprint density at radius 1 is 0.545 bits per heavy atom. The number of unbranched alkanes of at least 4 members (excludes halogenated alkanes) is 6. The number of hydrogen-bond acceptors (Lipinski definition) is 4. The molecule has 0 saturated carbocycles. The number of quaternary nitrogens is 1. The quantitative estimate of drug-likeness (QED) is 0.0752. The Hall–Kier alpha value is -2.66. The smallest absolute Gasteiger partial charge is 0.127 e. The first-order valence-electron chi connectivity index (χ1n) is 17.8. The minimum absolute atomic E-state index is 0.307. The third kappa shape index (κ3) is 13.1. The summed E-state index contributed by atoms with van der Waals surface area (Å²) in [7, 11) is 0. The molecule has 0 aliphatic heterocycles. The van der Waals surface area contributed by atoms with Crippen molar-refractivity contribution in [3.63, 3.8) is 0 Å². The van der Waals surface area contributed by atoms with Gasteiger partial charge in [0.05, 0.1) is 39.3 Å². The van der Waals surface area contributed by atoms with Gasteiger partial charge in [-0.2, -0.15) is 0 Å². The molecule has 0 aliphatic carbocycles. The summed E-state index contributed by atoms with van der Waals surface area (Å²) in [6.45, 7) is 19.4. The molecule has 0 aliphatic rings. The third-order valence-electron chi connectivity index (χ3n) is 8.97. The summed E-state index contributed by atoms with van der Waals surface area (Å²) < 4.78 is 1.30. The molecule has 0 atom stereocenters. The van der Waals surface area contributed by atoms with Crippen LogP contribution in [-0.2, 0) is 12.8 Å². The van der Waals surface area contributed by atoms with Gasteiger partial charge in [-0.05, 0) is 99.6 Å². The molecule has 0 spiro atoms. The second kappa shape index (κ2) is 21.1. The van der Waals surface area contributed by atoms with Gasteiger partial charge >= 0.3 is 0 Å². The van der Waals surface area contributed by atoms with Gasteiger partial charge in [-0.3, -0.25) is 9.98 Å². The van der Waals surface area contributed by atoms with Crippen molar-refractivity contribution in [2.45, 2.75) is 125 Å². The number of benzene rings is 2. The van der Waals surface area contributed by atoms with E-state index in [9.17, 15) is 10.2 Å². The molecule has 0 unspecified atom stereocenters. The molecule has 2 aromatic carbocycles. The lowest BCUT2D eigenvalue weighted by Gasteiger charge is -2.39. The fourth-order valence-corrected chi connectivity index (χ4v) is 6.20. The SMILES string of the molecule is CCCCCc1cc(C)c(O)c(C=NCCN=Cc2cc(CCCC[N+](CCCC)(CCCC)CCCC)cc(C)c2O)c1. The average Bonchev–Trinajstić information content (AvgIpc) is 3.01. The summed E-state index contributed by atoms with van der Waals surface area (Å²) >= 11 is 0. The molecular weight excluding hydrogens is 542 g/mol. The fourth-order valence-electron chi connectivity index (χ4n) is 6.20. The van der Waals surface area contributed by atoms with E-state index in [-0.39, 0.29) is 0 Å². The van der Waals surface area contributed by atoms with E-state index in [4.69, 9.17) is 0 Å². The summed E-state index contributed by atoms with van der Waals surface area (Å²) in [5, 5.41) is 21.2. The van der Waals surface area contributed by atoms with Gasteiger partial charge in [0.2, 0.25) is 0 Å². The maximum atomic E-state index is 10.7. The summed E-state index contributed by atoms with van der Waals surface area (Å²) in [4.78, 5) is 9.11. The minimum atomic E-state index is 0.307. The monoisotopic (exact) mass is 606 g/mol. The van der Waals surface area contributed by atoms with Crippen LogP contribution >= 0.6 is 0 Å². The first kappa shape index (κ1) is 37.5. The highest BCUT2D eigenvalue weighted by Crippen LogP contribution is 2.25. The highest BCUT2D eigenvalue weighted by molar-refractivity contribution is 5.85.